The fourth-order valence-corrected chi connectivity index (χ4v) is 3.94. The first-order valence-electron chi connectivity index (χ1n) is 12.3. The van der Waals surface area contributed by atoms with Crippen LogP contribution in [0.3, 0.4) is 0 Å². The van der Waals surface area contributed by atoms with Crippen molar-refractivity contribution in [2.24, 2.45) is 0 Å². The van der Waals surface area contributed by atoms with E-state index < -0.39 is 0 Å². The number of methoxy groups -OCH3 is 2. The molecule has 0 saturated heterocycles. The van der Waals surface area contributed by atoms with Gasteiger partial charge in [-0.15, -0.1) is 0 Å². The van der Waals surface area contributed by atoms with Crippen molar-refractivity contribution >= 4 is 28.3 Å². The van der Waals surface area contributed by atoms with Gasteiger partial charge in [-0.3, -0.25) is 4.79 Å². The number of benzene rings is 3. The smallest absolute Gasteiger partial charge is 0.251 e. The second kappa shape index (κ2) is 12.1. The molecule has 1 heterocycles. The number of unbranched alkanes of at least 4 members (excludes halogenated alkanes) is 2. The number of hydrogen-bond donors (Lipinski definition) is 2. The second-order valence-electron chi connectivity index (χ2n) is 8.64. The van der Waals surface area contributed by atoms with Gasteiger partial charge in [-0.2, -0.15) is 0 Å². The lowest BCUT2D eigenvalue weighted by Crippen LogP contribution is -2.24. The number of nitrogens with zero attached hydrogens (tertiary/aromatic N) is 2. The number of aryl methyl sites for hydroxylation is 1. The SMILES string of the molecule is CCCCCNC(=O)c1ccc(Oc2ccc(Nc3ncnc4cc(OC)c(OC)cc34)cc2C)cc1. The van der Waals surface area contributed by atoms with Crippen LogP contribution in [0.25, 0.3) is 10.9 Å². The standard InChI is InChI=1S/C29H32N4O4/c1-5-6-7-14-30-29(34)20-8-11-22(12-9-20)37-25-13-10-21(15-19(25)2)33-28-23-16-26(35-3)27(36-4)17-24(23)31-18-32-28/h8-13,15-18H,5-7,14H2,1-4H3,(H,30,34)(H,31,32,33). The molecular weight excluding hydrogens is 468 g/mol. The first-order valence-corrected chi connectivity index (χ1v) is 12.3. The van der Waals surface area contributed by atoms with Crippen molar-refractivity contribution in [3.05, 3.63) is 72.1 Å². The largest absolute Gasteiger partial charge is 0.493 e. The highest BCUT2D eigenvalue weighted by Gasteiger charge is 2.12. The van der Waals surface area contributed by atoms with Gasteiger partial charge >= 0.3 is 0 Å². The summed E-state index contributed by atoms with van der Waals surface area (Å²) in [5.41, 5.74) is 3.16. The molecule has 0 unspecified atom stereocenters. The Labute approximate surface area is 217 Å². The lowest BCUT2D eigenvalue weighted by atomic mass is 10.1. The van der Waals surface area contributed by atoms with Crippen LogP contribution in [-0.2, 0) is 0 Å². The Morgan fingerprint density at radius 1 is 0.892 bits per heavy atom. The van der Waals surface area contributed by atoms with Crippen molar-refractivity contribution in [1.82, 2.24) is 15.3 Å². The van der Waals surface area contributed by atoms with Gasteiger partial charge in [0.05, 0.1) is 19.7 Å². The van der Waals surface area contributed by atoms with Crippen molar-refractivity contribution in [2.75, 3.05) is 26.1 Å². The number of amides is 1. The van der Waals surface area contributed by atoms with Gasteiger partial charge in [0.15, 0.2) is 11.5 Å². The zero-order valence-corrected chi connectivity index (χ0v) is 21.6. The zero-order chi connectivity index (χ0) is 26.2. The molecular formula is C29H32N4O4. The van der Waals surface area contributed by atoms with Crippen LogP contribution in [-0.4, -0.2) is 36.6 Å². The molecule has 4 rings (SSSR count). The molecule has 3 aromatic carbocycles. The minimum atomic E-state index is -0.0671. The molecule has 0 aliphatic carbocycles. The third-order valence-electron chi connectivity index (χ3n) is 5.99. The zero-order valence-electron chi connectivity index (χ0n) is 21.6. The highest BCUT2D eigenvalue weighted by Crippen LogP contribution is 2.35. The molecule has 0 saturated carbocycles. The first-order chi connectivity index (χ1) is 18.0. The number of anilines is 2. The summed E-state index contributed by atoms with van der Waals surface area (Å²) in [4.78, 5) is 21.1. The molecule has 8 heteroatoms. The predicted octanol–water partition coefficient (Wildman–Crippen LogP) is 6.41. The molecule has 0 spiro atoms. The molecule has 2 N–H and O–H groups in total. The molecule has 0 fully saturated rings. The van der Waals surface area contributed by atoms with Gasteiger partial charge in [-0.25, -0.2) is 9.97 Å². The maximum Gasteiger partial charge on any atom is 0.251 e. The number of nitrogens with one attached hydrogen (secondary N) is 2. The highest BCUT2D eigenvalue weighted by atomic mass is 16.5. The van der Waals surface area contributed by atoms with E-state index in [-0.39, 0.29) is 5.91 Å². The molecule has 1 aromatic heterocycles. The number of hydrogen-bond acceptors (Lipinski definition) is 7. The molecule has 0 bridgehead atoms. The number of fused-ring (bicyclic) bond motifs is 1. The number of aromatic nitrogens is 2. The number of carbonyl (C=O) groups excluding carboxylic acids is 1. The summed E-state index contributed by atoms with van der Waals surface area (Å²) in [6, 6.07) is 16.7. The summed E-state index contributed by atoms with van der Waals surface area (Å²) in [6.45, 7) is 4.81. The Kier molecular flexibility index (Phi) is 8.40. The number of ether oxygens (including phenoxy) is 3. The van der Waals surface area contributed by atoms with Crippen molar-refractivity contribution in [2.45, 2.75) is 33.1 Å². The predicted molar refractivity (Wildman–Crippen MR) is 145 cm³/mol. The molecule has 0 radical (unpaired) electrons. The monoisotopic (exact) mass is 500 g/mol. The van der Waals surface area contributed by atoms with Crippen LogP contribution in [0.4, 0.5) is 11.5 Å². The van der Waals surface area contributed by atoms with Crippen LogP contribution in [0.1, 0.15) is 42.1 Å². The van der Waals surface area contributed by atoms with Crippen LogP contribution in [0.2, 0.25) is 0 Å². The Morgan fingerprint density at radius 3 is 2.35 bits per heavy atom. The van der Waals surface area contributed by atoms with E-state index in [9.17, 15) is 4.79 Å². The van der Waals surface area contributed by atoms with Gasteiger partial charge in [0.2, 0.25) is 0 Å². The van der Waals surface area contributed by atoms with E-state index in [1.807, 2.05) is 37.3 Å². The summed E-state index contributed by atoms with van der Waals surface area (Å²) >= 11 is 0. The Bertz CT molecular complexity index is 1370. The average molecular weight is 501 g/mol. The molecule has 8 nitrogen and oxygen atoms in total. The van der Waals surface area contributed by atoms with E-state index in [0.717, 1.165) is 47.2 Å². The summed E-state index contributed by atoms with van der Waals surface area (Å²) in [5, 5.41) is 7.13. The maximum atomic E-state index is 12.3. The van der Waals surface area contributed by atoms with E-state index in [4.69, 9.17) is 14.2 Å². The van der Waals surface area contributed by atoms with E-state index in [1.165, 1.54) is 6.33 Å². The van der Waals surface area contributed by atoms with E-state index in [0.29, 0.717) is 35.2 Å². The summed E-state index contributed by atoms with van der Waals surface area (Å²) in [6.07, 6.45) is 4.74. The van der Waals surface area contributed by atoms with Crippen LogP contribution in [0, 0.1) is 6.92 Å². The van der Waals surface area contributed by atoms with Gasteiger partial charge in [0, 0.05) is 29.2 Å². The van der Waals surface area contributed by atoms with Gasteiger partial charge < -0.3 is 24.8 Å². The fraction of sp³-hybridized carbons (Fsp3) is 0.276. The fourth-order valence-electron chi connectivity index (χ4n) is 3.94. The van der Waals surface area contributed by atoms with E-state index in [2.05, 4.69) is 27.5 Å². The third-order valence-corrected chi connectivity index (χ3v) is 5.99. The Morgan fingerprint density at radius 2 is 1.65 bits per heavy atom. The molecule has 0 aliphatic rings. The van der Waals surface area contributed by atoms with Crippen molar-refractivity contribution < 1.29 is 19.0 Å². The molecule has 0 atom stereocenters. The molecule has 37 heavy (non-hydrogen) atoms. The second-order valence-corrected chi connectivity index (χ2v) is 8.64. The van der Waals surface area contributed by atoms with Crippen LogP contribution < -0.4 is 24.8 Å². The quantitative estimate of drug-likeness (QED) is 0.230. The molecule has 1 amide bonds. The molecule has 4 aromatic rings. The summed E-state index contributed by atoms with van der Waals surface area (Å²) in [5.74, 6) is 3.19. The minimum Gasteiger partial charge on any atom is -0.493 e. The van der Waals surface area contributed by atoms with Crippen LogP contribution in [0.15, 0.2) is 60.9 Å². The van der Waals surface area contributed by atoms with E-state index >= 15 is 0 Å². The first kappa shape index (κ1) is 25.8. The number of rotatable bonds is 11. The topological polar surface area (TPSA) is 94.6 Å². The summed E-state index contributed by atoms with van der Waals surface area (Å²) < 4.78 is 16.9. The minimum absolute atomic E-state index is 0.0671. The highest BCUT2D eigenvalue weighted by molar-refractivity contribution is 5.94. The van der Waals surface area contributed by atoms with Crippen molar-refractivity contribution in [3.63, 3.8) is 0 Å². The van der Waals surface area contributed by atoms with Gasteiger partial charge in [-0.05, 0) is 67.4 Å². The lowest BCUT2D eigenvalue weighted by molar-refractivity contribution is 0.0953. The van der Waals surface area contributed by atoms with Gasteiger partial charge in [-0.1, -0.05) is 19.8 Å². The lowest BCUT2D eigenvalue weighted by Gasteiger charge is -2.14. The summed E-state index contributed by atoms with van der Waals surface area (Å²) in [7, 11) is 3.19. The normalized spacial score (nSPS) is 10.7. The van der Waals surface area contributed by atoms with Crippen LogP contribution in [0.5, 0.6) is 23.0 Å². The van der Waals surface area contributed by atoms with Crippen molar-refractivity contribution in [3.8, 4) is 23.0 Å². The van der Waals surface area contributed by atoms with Gasteiger partial charge in [0.1, 0.15) is 23.6 Å². The van der Waals surface area contributed by atoms with E-state index in [1.54, 1.807) is 38.5 Å². The third kappa shape index (κ3) is 6.27. The Hall–Kier alpha value is -4.33. The average Bonchev–Trinajstić information content (AvgIpc) is 2.92. The van der Waals surface area contributed by atoms with Gasteiger partial charge in [0.25, 0.3) is 5.91 Å². The molecule has 0 aliphatic heterocycles. The number of carbonyl (C=O) groups is 1. The Balaban J connectivity index is 1.45. The molecule has 192 valence electrons. The van der Waals surface area contributed by atoms with Crippen LogP contribution >= 0.6 is 0 Å². The maximum absolute atomic E-state index is 12.3. The van der Waals surface area contributed by atoms with Crippen molar-refractivity contribution in [1.29, 1.82) is 0 Å².